The second-order valence-electron chi connectivity index (χ2n) is 4.38. The Morgan fingerprint density at radius 2 is 1.83 bits per heavy atom. The van der Waals surface area contributed by atoms with Gasteiger partial charge < -0.3 is 15.2 Å². The van der Waals surface area contributed by atoms with Crippen molar-refractivity contribution < 1.29 is 19.4 Å². The Morgan fingerprint density at radius 1 is 1.17 bits per heavy atom. The molecule has 0 spiro atoms. The molecule has 0 unspecified atom stereocenters. The van der Waals surface area contributed by atoms with Gasteiger partial charge in [-0.15, -0.1) is 0 Å². The van der Waals surface area contributed by atoms with Crippen LogP contribution in [0.25, 0.3) is 0 Å². The van der Waals surface area contributed by atoms with Gasteiger partial charge in [-0.3, -0.25) is 4.79 Å². The molecule has 8 heteroatoms. The molecule has 0 bridgehead atoms. The summed E-state index contributed by atoms with van der Waals surface area (Å²) in [6.45, 7) is -0.549. The Labute approximate surface area is 150 Å². The van der Waals surface area contributed by atoms with Crippen molar-refractivity contribution in [2.45, 2.75) is 0 Å². The number of rotatable bonds is 4. The van der Waals surface area contributed by atoms with Crippen LogP contribution in [0.4, 0.5) is 5.69 Å². The Bertz CT molecular complexity index is 747. The third-order valence-corrected chi connectivity index (χ3v) is 3.86. The molecule has 0 saturated carbocycles. The molecule has 2 N–H and O–H groups in total. The predicted octanol–water partition coefficient (Wildman–Crippen LogP) is 4.26. The zero-order valence-electron chi connectivity index (χ0n) is 11.5. The van der Waals surface area contributed by atoms with E-state index in [4.69, 9.17) is 27.9 Å². The summed E-state index contributed by atoms with van der Waals surface area (Å²) >= 11 is 15.0. The molecule has 5 nitrogen and oxygen atoms in total. The van der Waals surface area contributed by atoms with Crippen molar-refractivity contribution in [1.29, 1.82) is 0 Å². The highest BCUT2D eigenvalue weighted by atomic mass is 79.9. The van der Waals surface area contributed by atoms with Crippen molar-refractivity contribution in [1.82, 2.24) is 0 Å². The Hall–Kier alpha value is -1.76. The minimum absolute atomic E-state index is 0.0528. The molecule has 0 aliphatic carbocycles. The van der Waals surface area contributed by atoms with Crippen molar-refractivity contribution in [3.05, 3.63) is 56.5 Å². The summed E-state index contributed by atoms with van der Waals surface area (Å²) in [6, 6.07) is 9.06. The molecule has 0 saturated heterocycles. The van der Waals surface area contributed by atoms with Gasteiger partial charge in [-0.2, -0.15) is 0 Å². The van der Waals surface area contributed by atoms with E-state index in [1.165, 1.54) is 12.1 Å². The number of anilines is 1. The number of hydrogen-bond acceptors (Lipinski definition) is 4. The zero-order valence-corrected chi connectivity index (χ0v) is 14.6. The quantitative estimate of drug-likeness (QED) is 0.727. The van der Waals surface area contributed by atoms with Crippen LogP contribution in [0.1, 0.15) is 10.4 Å². The van der Waals surface area contributed by atoms with Gasteiger partial charge in [0.2, 0.25) is 0 Å². The number of benzene rings is 2. The van der Waals surface area contributed by atoms with Gasteiger partial charge in [0.15, 0.2) is 6.61 Å². The van der Waals surface area contributed by atoms with E-state index in [9.17, 15) is 14.7 Å². The summed E-state index contributed by atoms with van der Waals surface area (Å²) in [5.41, 5.74) is 0.185. The Balaban J connectivity index is 1.99. The number of esters is 1. The van der Waals surface area contributed by atoms with E-state index in [0.717, 1.165) is 0 Å². The summed E-state index contributed by atoms with van der Waals surface area (Å²) < 4.78 is 5.45. The summed E-state index contributed by atoms with van der Waals surface area (Å²) in [4.78, 5) is 23.7. The van der Waals surface area contributed by atoms with E-state index >= 15 is 0 Å². The standard InChI is InChI=1S/C15H10BrCl2NO4/c16-8-4-5-12(20)9(6-8)15(22)23-7-13(21)19-14-10(17)2-1-3-11(14)18/h1-6,20H,7H2,(H,19,21). The highest BCUT2D eigenvalue weighted by Crippen LogP contribution is 2.29. The maximum Gasteiger partial charge on any atom is 0.342 e. The van der Waals surface area contributed by atoms with E-state index in [0.29, 0.717) is 4.47 Å². The van der Waals surface area contributed by atoms with Gasteiger partial charge >= 0.3 is 5.97 Å². The fraction of sp³-hybridized carbons (Fsp3) is 0.0667. The molecule has 0 radical (unpaired) electrons. The van der Waals surface area contributed by atoms with Crippen LogP contribution in [-0.4, -0.2) is 23.6 Å². The first-order valence-electron chi connectivity index (χ1n) is 6.28. The lowest BCUT2D eigenvalue weighted by Crippen LogP contribution is -2.21. The number of halogens is 3. The third kappa shape index (κ3) is 4.60. The lowest BCUT2D eigenvalue weighted by atomic mass is 10.2. The second kappa shape index (κ2) is 7.68. The van der Waals surface area contributed by atoms with Crippen LogP contribution in [0.2, 0.25) is 10.0 Å². The first-order valence-corrected chi connectivity index (χ1v) is 7.83. The molecule has 0 aromatic heterocycles. The maximum absolute atomic E-state index is 11.9. The number of para-hydroxylation sites is 1. The summed E-state index contributed by atoms with van der Waals surface area (Å²) in [6.07, 6.45) is 0. The lowest BCUT2D eigenvalue weighted by Gasteiger charge is -2.10. The molecule has 0 aliphatic rings. The normalized spacial score (nSPS) is 10.2. The van der Waals surface area contributed by atoms with Gasteiger partial charge in [-0.25, -0.2) is 4.79 Å². The topological polar surface area (TPSA) is 75.6 Å². The van der Waals surface area contributed by atoms with Crippen LogP contribution in [0.15, 0.2) is 40.9 Å². The average Bonchev–Trinajstić information content (AvgIpc) is 2.51. The largest absolute Gasteiger partial charge is 0.507 e. The van der Waals surface area contributed by atoms with Crippen molar-refractivity contribution in [3.63, 3.8) is 0 Å². The minimum atomic E-state index is -0.829. The molecular formula is C15H10BrCl2NO4. The molecule has 1 amide bonds. The average molecular weight is 419 g/mol. The summed E-state index contributed by atoms with van der Waals surface area (Å²) in [7, 11) is 0. The van der Waals surface area contributed by atoms with Gasteiger partial charge in [-0.1, -0.05) is 45.2 Å². The molecule has 2 aromatic carbocycles. The molecule has 2 rings (SSSR count). The number of ether oxygens (including phenoxy) is 1. The highest BCUT2D eigenvalue weighted by molar-refractivity contribution is 9.10. The highest BCUT2D eigenvalue weighted by Gasteiger charge is 2.16. The summed E-state index contributed by atoms with van der Waals surface area (Å²) in [5, 5.41) is 12.6. The van der Waals surface area contributed by atoms with Crippen molar-refractivity contribution >= 4 is 56.7 Å². The first kappa shape index (κ1) is 17.6. The SMILES string of the molecule is O=C(COC(=O)c1cc(Br)ccc1O)Nc1c(Cl)cccc1Cl. The predicted molar refractivity (Wildman–Crippen MR) is 91.2 cm³/mol. The second-order valence-corrected chi connectivity index (χ2v) is 6.11. The Morgan fingerprint density at radius 3 is 2.48 bits per heavy atom. The molecule has 23 heavy (non-hydrogen) atoms. The fourth-order valence-corrected chi connectivity index (χ4v) is 2.53. The number of nitrogens with one attached hydrogen (secondary N) is 1. The molecule has 0 fully saturated rings. The number of hydrogen-bond donors (Lipinski definition) is 2. The van der Waals surface area contributed by atoms with Crippen molar-refractivity contribution in [3.8, 4) is 5.75 Å². The van der Waals surface area contributed by atoms with Crippen LogP contribution in [0.5, 0.6) is 5.75 Å². The third-order valence-electron chi connectivity index (χ3n) is 2.74. The number of phenols is 1. The summed E-state index contributed by atoms with van der Waals surface area (Å²) in [5.74, 6) is -1.68. The molecular weight excluding hydrogens is 409 g/mol. The van der Waals surface area contributed by atoms with Crippen molar-refractivity contribution in [2.75, 3.05) is 11.9 Å². The van der Waals surface area contributed by atoms with Crippen LogP contribution in [0.3, 0.4) is 0 Å². The van der Waals surface area contributed by atoms with E-state index in [2.05, 4.69) is 21.2 Å². The fourth-order valence-electron chi connectivity index (χ4n) is 1.67. The van der Waals surface area contributed by atoms with Crippen LogP contribution < -0.4 is 5.32 Å². The molecule has 0 atom stereocenters. The van der Waals surface area contributed by atoms with Gasteiger partial charge in [0, 0.05) is 4.47 Å². The maximum atomic E-state index is 11.9. The number of amides is 1. The number of phenolic OH excluding ortho intramolecular Hbond substituents is 1. The van der Waals surface area contributed by atoms with E-state index < -0.39 is 18.5 Å². The minimum Gasteiger partial charge on any atom is -0.507 e. The van der Waals surface area contributed by atoms with Crippen molar-refractivity contribution in [2.24, 2.45) is 0 Å². The molecule has 2 aromatic rings. The molecule has 120 valence electrons. The number of aromatic hydroxyl groups is 1. The van der Waals surface area contributed by atoms with Gasteiger partial charge in [0.05, 0.1) is 15.7 Å². The monoisotopic (exact) mass is 417 g/mol. The lowest BCUT2D eigenvalue weighted by molar-refractivity contribution is -0.119. The smallest absolute Gasteiger partial charge is 0.342 e. The van der Waals surface area contributed by atoms with E-state index in [-0.39, 0.29) is 27.0 Å². The number of carbonyl (C=O) groups is 2. The van der Waals surface area contributed by atoms with Gasteiger partial charge in [0.1, 0.15) is 11.3 Å². The number of carbonyl (C=O) groups excluding carboxylic acids is 2. The van der Waals surface area contributed by atoms with Gasteiger partial charge in [-0.05, 0) is 30.3 Å². The molecule has 0 heterocycles. The van der Waals surface area contributed by atoms with Crippen LogP contribution in [-0.2, 0) is 9.53 Å². The van der Waals surface area contributed by atoms with Crippen LogP contribution >= 0.6 is 39.1 Å². The molecule has 0 aliphatic heterocycles. The van der Waals surface area contributed by atoms with E-state index in [1.807, 2.05) is 0 Å². The van der Waals surface area contributed by atoms with E-state index in [1.54, 1.807) is 24.3 Å². The van der Waals surface area contributed by atoms with Gasteiger partial charge in [0.25, 0.3) is 5.91 Å². The first-order chi connectivity index (χ1) is 10.9. The zero-order chi connectivity index (χ0) is 17.0. The Kier molecular flexibility index (Phi) is 5.87. The van der Waals surface area contributed by atoms with Crippen LogP contribution in [0, 0.1) is 0 Å².